The molecule has 0 N–H and O–H groups in total. The predicted molar refractivity (Wildman–Crippen MR) is 51.6 cm³/mol. The van der Waals surface area contributed by atoms with Crippen molar-refractivity contribution in [2.45, 2.75) is 12.8 Å². The smallest absolute Gasteiger partial charge is 0.268 e. The van der Waals surface area contributed by atoms with Gasteiger partial charge in [-0.2, -0.15) is 5.26 Å². The van der Waals surface area contributed by atoms with Gasteiger partial charge in [-0.05, 0) is 0 Å². The van der Waals surface area contributed by atoms with Crippen molar-refractivity contribution in [1.82, 2.24) is 4.98 Å². The van der Waals surface area contributed by atoms with Gasteiger partial charge in [0.1, 0.15) is 5.75 Å². The predicted octanol–water partition coefficient (Wildman–Crippen LogP) is 2.10. The maximum absolute atomic E-state index is 12.6. The summed E-state index contributed by atoms with van der Waals surface area (Å²) < 4.78 is 35.0. The molecule has 0 aliphatic heterocycles. The minimum absolute atomic E-state index is 0.0385. The number of nitriles is 1. The maximum Gasteiger partial charge on any atom is 0.268 e. The molecule has 1 heterocycles. The van der Waals surface area contributed by atoms with Crippen LogP contribution in [0.2, 0.25) is 0 Å². The van der Waals surface area contributed by atoms with E-state index in [9.17, 15) is 8.78 Å². The molecular formula is C10H10F2N2O2. The third-order valence-electron chi connectivity index (χ3n) is 2.00. The molecule has 0 saturated heterocycles. The van der Waals surface area contributed by atoms with Crippen molar-refractivity contribution in [2.24, 2.45) is 0 Å². The van der Waals surface area contributed by atoms with Gasteiger partial charge in [0.25, 0.3) is 6.43 Å². The lowest BCUT2D eigenvalue weighted by molar-refractivity contribution is 0.146. The second kappa shape index (κ2) is 5.26. The monoisotopic (exact) mass is 228 g/mol. The molecule has 0 unspecified atom stereocenters. The van der Waals surface area contributed by atoms with Crippen molar-refractivity contribution in [1.29, 1.82) is 5.26 Å². The highest BCUT2D eigenvalue weighted by Gasteiger charge is 2.21. The van der Waals surface area contributed by atoms with Crippen molar-refractivity contribution >= 4 is 0 Å². The van der Waals surface area contributed by atoms with Gasteiger partial charge in [0, 0.05) is 6.20 Å². The van der Waals surface area contributed by atoms with E-state index in [-0.39, 0.29) is 29.2 Å². The average molecular weight is 228 g/mol. The Morgan fingerprint density at radius 3 is 2.56 bits per heavy atom. The number of pyridine rings is 1. The number of halogens is 2. The van der Waals surface area contributed by atoms with E-state index < -0.39 is 6.43 Å². The first-order valence-corrected chi connectivity index (χ1v) is 4.40. The number of rotatable bonds is 4. The van der Waals surface area contributed by atoms with Crippen molar-refractivity contribution in [2.75, 3.05) is 14.2 Å². The van der Waals surface area contributed by atoms with E-state index in [0.29, 0.717) is 0 Å². The lowest BCUT2D eigenvalue weighted by Gasteiger charge is -2.13. The molecule has 0 aliphatic carbocycles. The molecule has 0 bridgehead atoms. The van der Waals surface area contributed by atoms with Gasteiger partial charge in [-0.25, -0.2) is 13.8 Å². The number of aromatic nitrogens is 1. The quantitative estimate of drug-likeness (QED) is 0.791. The van der Waals surface area contributed by atoms with E-state index in [2.05, 4.69) is 4.98 Å². The van der Waals surface area contributed by atoms with E-state index in [1.165, 1.54) is 14.2 Å². The molecule has 0 atom stereocenters. The number of nitrogens with zero attached hydrogens (tertiary/aromatic N) is 2. The second-order valence-electron chi connectivity index (χ2n) is 2.87. The van der Waals surface area contributed by atoms with Crippen molar-refractivity contribution in [3.8, 4) is 17.7 Å². The highest BCUT2D eigenvalue weighted by molar-refractivity contribution is 5.47. The third-order valence-corrected chi connectivity index (χ3v) is 2.00. The molecule has 0 fully saturated rings. The van der Waals surface area contributed by atoms with E-state index in [1.54, 1.807) is 0 Å². The first kappa shape index (κ1) is 12.2. The molecule has 0 aliphatic rings. The van der Waals surface area contributed by atoms with Gasteiger partial charge in [-0.3, -0.25) is 0 Å². The molecule has 86 valence electrons. The summed E-state index contributed by atoms with van der Waals surface area (Å²) in [4.78, 5) is 3.71. The second-order valence-corrected chi connectivity index (χ2v) is 2.87. The zero-order valence-electron chi connectivity index (χ0n) is 8.83. The minimum atomic E-state index is -2.70. The van der Waals surface area contributed by atoms with Crippen molar-refractivity contribution in [3.05, 3.63) is 17.3 Å². The summed E-state index contributed by atoms with van der Waals surface area (Å²) in [7, 11) is 2.62. The molecule has 1 aromatic rings. The van der Waals surface area contributed by atoms with Gasteiger partial charge in [0.2, 0.25) is 5.88 Å². The van der Waals surface area contributed by atoms with Crippen LogP contribution in [0, 0.1) is 11.3 Å². The summed E-state index contributed by atoms with van der Waals surface area (Å²) in [5.74, 6) is 0.0891. The highest BCUT2D eigenvalue weighted by atomic mass is 19.3. The average Bonchev–Trinajstić information content (AvgIpc) is 2.28. The molecule has 1 rings (SSSR count). The first-order chi connectivity index (χ1) is 7.65. The lowest BCUT2D eigenvalue weighted by atomic mass is 10.1. The molecule has 16 heavy (non-hydrogen) atoms. The standard InChI is InChI=1S/C10H10F2N2O2/c1-15-8-6(3-4-13)10(16-2)14-5-7(8)9(11)12/h5,9H,3H2,1-2H3. The van der Waals surface area contributed by atoms with Gasteiger partial charge < -0.3 is 9.47 Å². The molecular weight excluding hydrogens is 218 g/mol. The Morgan fingerprint density at radius 2 is 2.12 bits per heavy atom. The summed E-state index contributed by atoms with van der Waals surface area (Å²) in [6.45, 7) is 0. The Balaban J connectivity index is 3.38. The fourth-order valence-corrected chi connectivity index (χ4v) is 1.34. The van der Waals surface area contributed by atoms with E-state index in [0.717, 1.165) is 6.20 Å². The van der Waals surface area contributed by atoms with Crippen LogP contribution in [0.15, 0.2) is 6.20 Å². The van der Waals surface area contributed by atoms with Crippen LogP contribution in [-0.4, -0.2) is 19.2 Å². The van der Waals surface area contributed by atoms with E-state index >= 15 is 0 Å². The van der Waals surface area contributed by atoms with Crippen molar-refractivity contribution < 1.29 is 18.3 Å². The third kappa shape index (κ3) is 2.19. The van der Waals surface area contributed by atoms with Crippen LogP contribution in [0.25, 0.3) is 0 Å². The summed E-state index contributed by atoms with van der Waals surface area (Å²) in [6.07, 6.45) is -1.81. The number of hydrogen-bond donors (Lipinski definition) is 0. The van der Waals surface area contributed by atoms with Gasteiger partial charge in [-0.1, -0.05) is 0 Å². The Kier molecular flexibility index (Phi) is 4.00. The summed E-state index contributed by atoms with van der Waals surface area (Å²) in [6, 6.07) is 1.85. The molecule has 0 amide bonds. The zero-order valence-corrected chi connectivity index (χ0v) is 8.83. The number of alkyl halides is 2. The topological polar surface area (TPSA) is 55.1 Å². The zero-order chi connectivity index (χ0) is 12.1. The molecule has 0 aromatic carbocycles. The highest BCUT2D eigenvalue weighted by Crippen LogP contribution is 2.35. The molecule has 0 saturated carbocycles. The molecule has 1 aromatic heterocycles. The van der Waals surface area contributed by atoms with Crippen LogP contribution in [0.4, 0.5) is 8.78 Å². The summed E-state index contributed by atoms with van der Waals surface area (Å²) in [5.41, 5.74) is -0.0983. The van der Waals surface area contributed by atoms with Crippen LogP contribution in [0.1, 0.15) is 17.6 Å². The number of ether oxygens (including phenoxy) is 2. The van der Waals surface area contributed by atoms with Crippen LogP contribution >= 0.6 is 0 Å². The Hall–Kier alpha value is -1.90. The molecule has 6 heteroatoms. The lowest BCUT2D eigenvalue weighted by Crippen LogP contribution is -2.03. The van der Waals surface area contributed by atoms with Crippen LogP contribution < -0.4 is 9.47 Å². The SMILES string of the molecule is COc1ncc(C(F)F)c(OC)c1CC#N. The fourth-order valence-electron chi connectivity index (χ4n) is 1.34. The Bertz CT molecular complexity index is 416. The minimum Gasteiger partial charge on any atom is -0.496 e. The van der Waals surface area contributed by atoms with Crippen LogP contribution in [0.3, 0.4) is 0 Å². The van der Waals surface area contributed by atoms with Gasteiger partial charge in [-0.15, -0.1) is 0 Å². The summed E-state index contributed by atoms with van der Waals surface area (Å²) in [5, 5.41) is 8.61. The maximum atomic E-state index is 12.6. The molecule has 0 spiro atoms. The largest absolute Gasteiger partial charge is 0.496 e. The normalized spacial score (nSPS) is 10.0. The van der Waals surface area contributed by atoms with Gasteiger partial charge in [0.15, 0.2) is 0 Å². The number of methoxy groups -OCH3 is 2. The fraction of sp³-hybridized carbons (Fsp3) is 0.400. The Labute approximate surface area is 91.4 Å². The van der Waals surface area contributed by atoms with Crippen molar-refractivity contribution in [3.63, 3.8) is 0 Å². The van der Waals surface area contributed by atoms with E-state index in [4.69, 9.17) is 14.7 Å². The van der Waals surface area contributed by atoms with Gasteiger partial charge >= 0.3 is 0 Å². The van der Waals surface area contributed by atoms with E-state index in [1.807, 2.05) is 6.07 Å². The van der Waals surface area contributed by atoms with Crippen LogP contribution in [0.5, 0.6) is 11.6 Å². The molecule has 0 radical (unpaired) electrons. The number of hydrogen-bond acceptors (Lipinski definition) is 4. The molecule has 4 nitrogen and oxygen atoms in total. The Morgan fingerprint density at radius 1 is 1.44 bits per heavy atom. The van der Waals surface area contributed by atoms with Gasteiger partial charge in [0.05, 0.1) is 37.8 Å². The first-order valence-electron chi connectivity index (χ1n) is 4.40. The summed E-state index contributed by atoms with van der Waals surface area (Å²) >= 11 is 0. The van der Waals surface area contributed by atoms with Crippen LogP contribution in [-0.2, 0) is 6.42 Å².